The second-order valence-electron chi connectivity index (χ2n) is 11.0. The first-order chi connectivity index (χ1) is 11.8. The van der Waals surface area contributed by atoms with E-state index in [0.29, 0.717) is 11.5 Å². The maximum Gasteiger partial charge on any atom is 0.0827 e. The minimum atomic E-state index is -0.489. The van der Waals surface area contributed by atoms with Gasteiger partial charge in [0.1, 0.15) is 0 Å². The minimum absolute atomic E-state index is 0.133. The van der Waals surface area contributed by atoms with E-state index in [2.05, 4.69) is 33.0 Å². The van der Waals surface area contributed by atoms with E-state index in [0.717, 1.165) is 36.6 Å². The summed E-state index contributed by atoms with van der Waals surface area (Å²) in [6.45, 7) is 10.3. The third kappa shape index (κ3) is 2.64. The zero-order chi connectivity index (χ0) is 17.9. The summed E-state index contributed by atoms with van der Waals surface area (Å²) in [4.78, 5) is 0. The van der Waals surface area contributed by atoms with Gasteiger partial charge >= 0.3 is 0 Å². The molecule has 4 rings (SSSR count). The minimum Gasteiger partial charge on any atom is -0.388 e. The van der Waals surface area contributed by atoms with Gasteiger partial charge in [-0.25, -0.2) is 0 Å². The predicted octanol–water partition coefficient (Wildman–Crippen LogP) is 5.15. The van der Waals surface area contributed by atoms with Crippen molar-refractivity contribution in [2.45, 2.75) is 104 Å². The Kier molecular flexibility index (Phi) is 4.56. The molecule has 2 heteroatoms. The number of nitrogens with one attached hydrogen (secondary N) is 1. The molecule has 0 saturated heterocycles. The van der Waals surface area contributed by atoms with Gasteiger partial charge in [-0.15, -0.1) is 0 Å². The Labute approximate surface area is 155 Å². The summed E-state index contributed by atoms with van der Waals surface area (Å²) >= 11 is 0. The molecule has 0 heterocycles. The van der Waals surface area contributed by atoms with Crippen molar-refractivity contribution < 1.29 is 5.11 Å². The molecular formula is C23H41NO. The van der Waals surface area contributed by atoms with Gasteiger partial charge in [-0.1, -0.05) is 40.5 Å². The maximum atomic E-state index is 11.6. The molecule has 0 unspecified atom stereocenters. The van der Waals surface area contributed by atoms with Gasteiger partial charge in [0.05, 0.1) is 5.60 Å². The molecule has 4 saturated carbocycles. The van der Waals surface area contributed by atoms with Crippen molar-refractivity contribution in [2.24, 2.45) is 34.5 Å². The molecule has 2 nitrogen and oxygen atoms in total. The molecule has 0 aliphatic heterocycles. The normalized spacial score (nSPS) is 52.6. The second-order valence-corrected chi connectivity index (χ2v) is 11.0. The summed E-state index contributed by atoms with van der Waals surface area (Å²) in [7, 11) is 0. The molecule has 0 aromatic carbocycles. The number of rotatable bonds is 3. The Morgan fingerprint density at radius 1 is 0.920 bits per heavy atom. The maximum absolute atomic E-state index is 11.6. The highest BCUT2D eigenvalue weighted by Crippen LogP contribution is 2.68. The highest BCUT2D eigenvalue weighted by Gasteiger charge is 2.64. The highest BCUT2D eigenvalue weighted by molar-refractivity contribution is 5.14. The first-order valence-electron chi connectivity index (χ1n) is 11.3. The fourth-order valence-corrected chi connectivity index (χ4v) is 8.07. The van der Waals surface area contributed by atoms with E-state index in [1.807, 2.05) is 0 Å². The predicted molar refractivity (Wildman–Crippen MR) is 104 cm³/mol. The zero-order valence-electron chi connectivity index (χ0n) is 17.1. The molecule has 0 spiro atoms. The Morgan fingerprint density at radius 3 is 2.44 bits per heavy atom. The molecule has 0 amide bonds. The molecule has 4 aliphatic rings. The lowest BCUT2D eigenvalue weighted by Crippen LogP contribution is -2.58. The molecule has 144 valence electrons. The lowest BCUT2D eigenvalue weighted by atomic mass is 9.44. The van der Waals surface area contributed by atoms with Crippen LogP contribution in [0.15, 0.2) is 0 Å². The quantitative estimate of drug-likeness (QED) is 0.740. The molecule has 0 aromatic heterocycles. The summed E-state index contributed by atoms with van der Waals surface area (Å²) in [6, 6.07) is 0.458. The van der Waals surface area contributed by atoms with E-state index < -0.39 is 5.60 Å². The topological polar surface area (TPSA) is 32.3 Å². The van der Waals surface area contributed by atoms with Crippen molar-refractivity contribution in [1.82, 2.24) is 5.32 Å². The fourth-order valence-electron chi connectivity index (χ4n) is 8.07. The molecule has 25 heavy (non-hydrogen) atoms. The van der Waals surface area contributed by atoms with Crippen LogP contribution in [0.1, 0.15) is 91.9 Å². The number of hydrogen-bond donors (Lipinski definition) is 2. The van der Waals surface area contributed by atoms with E-state index in [4.69, 9.17) is 0 Å². The molecular weight excluding hydrogens is 306 g/mol. The van der Waals surface area contributed by atoms with Crippen LogP contribution in [0.2, 0.25) is 0 Å². The Hall–Kier alpha value is -0.0800. The first-order valence-corrected chi connectivity index (χ1v) is 11.3. The summed E-state index contributed by atoms with van der Waals surface area (Å²) in [6.07, 6.45) is 13.7. The third-order valence-electron chi connectivity index (χ3n) is 9.71. The van der Waals surface area contributed by atoms with Crippen molar-refractivity contribution in [3.05, 3.63) is 0 Å². The number of fused-ring (bicyclic) bond motifs is 5. The van der Waals surface area contributed by atoms with Crippen LogP contribution < -0.4 is 5.32 Å². The molecule has 0 aromatic rings. The van der Waals surface area contributed by atoms with E-state index in [9.17, 15) is 5.11 Å². The summed E-state index contributed by atoms with van der Waals surface area (Å²) < 4.78 is 0. The Balaban J connectivity index is 1.57. The van der Waals surface area contributed by atoms with Crippen LogP contribution >= 0.6 is 0 Å². The smallest absolute Gasteiger partial charge is 0.0827 e. The van der Waals surface area contributed by atoms with Crippen molar-refractivity contribution in [3.8, 4) is 0 Å². The van der Waals surface area contributed by atoms with Crippen molar-refractivity contribution in [2.75, 3.05) is 6.54 Å². The highest BCUT2D eigenvalue weighted by atomic mass is 16.3. The second kappa shape index (κ2) is 6.23. The van der Waals surface area contributed by atoms with E-state index in [1.54, 1.807) is 0 Å². The van der Waals surface area contributed by atoms with Crippen LogP contribution in [-0.2, 0) is 0 Å². The Morgan fingerprint density at radius 2 is 1.68 bits per heavy atom. The lowest BCUT2D eigenvalue weighted by molar-refractivity contribution is -0.150. The number of hydrogen-bond acceptors (Lipinski definition) is 2. The SMILES string of the molecule is CC(C)NC[C@]1(O)CC[C@H]2[C@@H]3CC[C@H]4CCCC[C@]4(C)[C@H]3CC[C@@]21C. The summed E-state index contributed by atoms with van der Waals surface area (Å²) in [5.74, 6) is 3.57. The summed E-state index contributed by atoms with van der Waals surface area (Å²) in [5, 5.41) is 15.2. The molecule has 0 bridgehead atoms. The van der Waals surface area contributed by atoms with Gasteiger partial charge in [0.2, 0.25) is 0 Å². The van der Waals surface area contributed by atoms with Crippen molar-refractivity contribution >= 4 is 0 Å². The van der Waals surface area contributed by atoms with Crippen molar-refractivity contribution in [1.29, 1.82) is 0 Å². The molecule has 4 fully saturated rings. The van der Waals surface area contributed by atoms with Gasteiger partial charge in [0.25, 0.3) is 0 Å². The molecule has 4 aliphatic carbocycles. The zero-order valence-corrected chi connectivity index (χ0v) is 17.1. The fraction of sp³-hybridized carbons (Fsp3) is 1.00. The van der Waals surface area contributed by atoms with E-state index in [-0.39, 0.29) is 5.41 Å². The van der Waals surface area contributed by atoms with Crippen LogP contribution in [0, 0.1) is 34.5 Å². The van der Waals surface area contributed by atoms with Gasteiger partial charge in [-0.05, 0) is 80.5 Å². The van der Waals surface area contributed by atoms with Gasteiger partial charge in [0, 0.05) is 18.0 Å². The lowest BCUT2D eigenvalue weighted by Gasteiger charge is -2.61. The Bertz CT molecular complexity index is 504. The third-order valence-corrected chi connectivity index (χ3v) is 9.71. The molecule has 0 radical (unpaired) electrons. The van der Waals surface area contributed by atoms with Crippen LogP contribution in [0.3, 0.4) is 0 Å². The van der Waals surface area contributed by atoms with Crippen LogP contribution in [0.4, 0.5) is 0 Å². The number of aliphatic hydroxyl groups is 1. The first kappa shape index (κ1) is 18.3. The largest absolute Gasteiger partial charge is 0.388 e. The van der Waals surface area contributed by atoms with E-state index >= 15 is 0 Å². The average molecular weight is 348 g/mol. The molecule has 7 atom stereocenters. The van der Waals surface area contributed by atoms with Gasteiger partial charge in [0.15, 0.2) is 0 Å². The molecule has 2 N–H and O–H groups in total. The van der Waals surface area contributed by atoms with Gasteiger partial charge < -0.3 is 10.4 Å². The average Bonchev–Trinajstić information content (AvgIpc) is 2.84. The van der Waals surface area contributed by atoms with Gasteiger partial charge in [-0.3, -0.25) is 0 Å². The van der Waals surface area contributed by atoms with Gasteiger partial charge in [-0.2, -0.15) is 0 Å². The monoisotopic (exact) mass is 347 g/mol. The van der Waals surface area contributed by atoms with Crippen LogP contribution in [0.25, 0.3) is 0 Å². The van der Waals surface area contributed by atoms with Crippen LogP contribution in [-0.4, -0.2) is 23.3 Å². The standard InChI is InChI=1S/C23H41NO/c1-16(2)24-15-23(25)14-11-20-18-9-8-17-7-5-6-12-21(17,3)19(18)10-13-22(20,23)4/h16-20,24-25H,5-15H2,1-4H3/t17-,18-,19+,20+,21+,22+,23-/m1/s1. The van der Waals surface area contributed by atoms with E-state index in [1.165, 1.54) is 57.8 Å². The summed E-state index contributed by atoms with van der Waals surface area (Å²) in [5.41, 5.74) is 0.254. The van der Waals surface area contributed by atoms with Crippen LogP contribution in [0.5, 0.6) is 0 Å². The van der Waals surface area contributed by atoms with Crippen molar-refractivity contribution in [3.63, 3.8) is 0 Å².